The molecule has 0 unspecified atom stereocenters. The third-order valence-electron chi connectivity index (χ3n) is 3.69. The van der Waals surface area contributed by atoms with Gasteiger partial charge in [-0.25, -0.2) is 0 Å². The number of allylic oxidation sites excluding steroid dienone is 2. The van der Waals surface area contributed by atoms with Crippen LogP contribution in [0.1, 0.15) is 21.5 Å². The summed E-state index contributed by atoms with van der Waals surface area (Å²) < 4.78 is 15.7. The van der Waals surface area contributed by atoms with Crippen molar-refractivity contribution in [3.8, 4) is 17.2 Å². The number of hydrogen-bond acceptors (Lipinski definition) is 5. The highest BCUT2D eigenvalue weighted by Gasteiger charge is 2.04. The number of carbonyl (C=O) groups is 2. The van der Waals surface area contributed by atoms with Crippen LogP contribution < -0.4 is 14.2 Å². The molecular formula is C21H20O5. The van der Waals surface area contributed by atoms with Crippen molar-refractivity contribution in [2.24, 2.45) is 0 Å². The molecule has 0 N–H and O–H groups in total. The maximum atomic E-state index is 12.1. The van der Waals surface area contributed by atoms with Crippen LogP contribution in [0.3, 0.4) is 0 Å². The molecule has 0 saturated carbocycles. The molecule has 0 aliphatic carbocycles. The van der Waals surface area contributed by atoms with Crippen LogP contribution in [0.2, 0.25) is 0 Å². The smallest absolute Gasteiger partial charge is 0.178 e. The van der Waals surface area contributed by atoms with Crippen molar-refractivity contribution < 1.29 is 23.8 Å². The van der Waals surface area contributed by atoms with Crippen LogP contribution in [0.5, 0.6) is 17.2 Å². The van der Waals surface area contributed by atoms with Crippen LogP contribution in [-0.2, 0) is 4.79 Å². The summed E-state index contributed by atoms with van der Waals surface area (Å²) in [5.74, 6) is 1.63. The average Bonchev–Trinajstić information content (AvgIpc) is 2.70. The van der Waals surface area contributed by atoms with E-state index in [9.17, 15) is 9.59 Å². The van der Waals surface area contributed by atoms with Crippen molar-refractivity contribution in [1.82, 2.24) is 0 Å². The molecule has 0 fully saturated rings. The van der Waals surface area contributed by atoms with Gasteiger partial charge in [0.15, 0.2) is 5.78 Å². The Balaban J connectivity index is 2.15. The van der Waals surface area contributed by atoms with Gasteiger partial charge in [-0.15, -0.1) is 0 Å². The number of rotatable bonds is 8. The topological polar surface area (TPSA) is 61.8 Å². The normalized spacial score (nSPS) is 10.9. The molecule has 0 saturated heterocycles. The lowest BCUT2D eigenvalue weighted by atomic mass is 10.1. The van der Waals surface area contributed by atoms with Crippen molar-refractivity contribution in [1.29, 1.82) is 0 Å². The summed E-state index contributed by atoms with van der Waals surface area (Å²) in [5, 5.41) is 0. The molecule has 0 aliphatic rings. The number of aldehydes is 1. The second-order valence-electron chi connectivity index (χ2n) is 5.30. The van der Waals surface area contributed by atoms with E-state index in [1.54, 1.807) is 56.7 Å². The van der Waals surface area contributed by atoms with Gasteiger partial charge in [-0.3, -0.25) is 9.59 Å². The number of carbonyl (C=O) groups excluding carboxylic acids is 2. The molecule has 0 amide bonds. The van der Waals surface area contributed by atoms with Gasteiger partial charge in [0, 0.05) is 22.8 Å². The number of hydrogen-bond donors (Lipinski definition) is 0. The minimum atomic E-state index is -0.190. The van der Waals surface area contributed by atoms with E-state index in [4.69, 9.17) is 14.2 Å². The van der Waals surface area contributed by atoms with Crippen molar-refractivity contribution in [2.45, 2.75) is 0 Å². The zero-order valence-corrected chi connectivity index (χ0v) is 14.9. The lowest BCUT2D eigenvalue weighted by molar-refractivity contribution is -0.110. The summed E-state index contributed by atoms with van der Waals surface area (Å²) in [6.45, 7) is 0. The van der Waals surface area contributed by atoms with Gasteiger partial charge in [0.1, 0.15) is 23.5 Å². The monoisotopic (exact) mass is 352 g/mol. The maximum Gasteiger partial charge on any atom is 0.178 e. The van der Waals surface area contributed by atoms with Crippen molar-refractivity contribution in [3.05, 3.63) is 65.2 Å². The lowest BCUT2D eigenvalue weighted by Crippen LogP contribution is -1.92. The summed E-state index contributed by atoms with van der Waals surface area (Å²) in [7, 11) is 4.65. The van der Waals surface area contributed by atoms with E-state index >= 15 is 0 Å². The quantitative estimate of drug-likeness (QED) is 0.534. The zero-order chi connectivity index (χ0) is 18.9. The van der Waals surface area contributed by atoms with Crippen LogP contribution in [0.4, 0.5) is 0 Å². The predicted octanol–water partition coefficient (Wildman–Crippen LogP) is 3.82. The van der Waals surface area contributed by atoms with Crippen LogP contribution in [0, 0.1) is 0 Å². The molecule has 5 heteroatoms. The molecule has 0 aromatic heterocycles. The molecule has 0 spiro atoms. The third-order valence-corrected chi connectivity index (χ3v) is 3.69. The molecule has 0 bridgehead atoms. The van der Waals surface area contributed by atoms with Crippen LogP contribution in [-0.4, -0.2) is 33.4 Å². The van der Waals surface area contributed by atoms with Crippen LogP contribution >= 0.6 is 0 Å². The Labute approximate surface area is 152 Å². The molecule has 0 radical (unpaired) electrons. The summed E-state index contributed by atoms with van der Waals surface area (Å²) >= 11 is 0. The first kappa shape index (κ1) is 19.0. The standard InChI is InChI=1S/C21H20O5/c1-24-19-11-8-17(21(13-19)26-3)7-10-18(23)9-6-16-5-4-15(14-22)12-20(16)25-2/h4-14H,1-3H3/b9-6+,10-7+. The number of ketones is 1. The number of methoxy groups -OCH3 is 3. The first-order chi connectivity index (χ1) is 12.6. The molecule has 2 aromatic carbocycles. The van der Waals surface area contributed by atoms with Gasteiger partial charge < -0.3 is 14.2 Å². The van der Waals surface area contributed by atoms with Gasteiger partial charge in [0.25, 0.3) is 0 Å². The average molecular weight is 352 g/mol. The second kappa shape index (κ2) is 9.22. The SMILES string of the molecule is COc1ccc(/C=C/C(=O)/C=C/c2ccc(C=O)cc2OC)c(OC)c1. The fourth-order valence-electron chi connectivity index (χ4n) is 2.29. The van der Waals surface area contributed by atoms with Gasteiger partial charge in [0.2, 0.25) is 0 Å². The number of ether oxygens (including phenoxy) is 3. The van der Waals surface area contributed by atoms with E-state index < -0.39 is 0 Å². The zero-order valence-electron chi connectivity index (χ0n) is 14.9. The van der Waals surface area contributed by atoms with E-state index in [0.717, 1.165) is 11.8 Å². The Bertz CT molecular complexity index is 849. The Morgan fingerprint density at radius 3 is 1.92 bits per heavy atom. The largest absolute Gasteiger partial charge is 0.497 e. The molecule has 0 atom stereocenters. The predicted molar refractivity (Wildman–Crippen MR) is 101 cm³/mol. The summed E-state index contributed by atoms with van der Waals surface area (Å²) in [5.41, 5.74) is 1.99. The molecule has 0 aliphatic heterocycles. The van der Waals surface area contributed by atoms with Gasteiger partial charge >= 0.3 is 0 Å². The first-order valence-electron chi connectivity index (χ1n) is 7.86. The van der Waals surface area contributed by atoms with Crippen molar-refractivity contribution in [2.75, 3.05) is 21.3 Å². The Morgan fingerprint density at radius 1 is 0.808 bits per heavy atom. The maximum absolute atomic E-state index is 12.1. The first-order valence-corrected chi connectivity index (χ1v) is 7.86. The van der Waals surface area contributed by atoms with Gasteiger partial charge in [-0.05, 0) is 42.5 Å². The molecule has 2 aromatic rings. The van der Waals surface area contributed by atoms with E-state index in [2.05, 4.69) is 0 Å². The third kappa shape index (κ3) is 4.83. The molecule has 5 nitrogen and oxygen atoms in total. The lowest BCUT2D eigenvalue weighted by Gasteiger charge is -2.07. The molecule has 2 rings (SSSR count). The van der Waals surface area contributed by atoms with Crippen LogP contribution in [0.15, 0.2) is 48.6 Å². The highest BCUT2D eigenvalue weighted by atomic mass is 16.5. The highest BCUT2D eigenvalue weighted by Crippen LogP contribution is 2.25. The fourth-order valence-corrected chi connectivity index (χ4v) is 2.29. The minimum absolute atomic E-state index is 0.190. The Kier molecular flexibility index (Phi) is 6.74. The van der Waals surface area contributed by atoms with E-state index in [1.807, 2.05) is 6.07 Å². The van der Waals surface area contributed by atoms with Gasteiger partial charge in [-0.1, -0.05) is 12.1 Å². The fraction of sp³-hybridized carbons (Fsp3) is 0.143. The number of benzene rings is 2. The molecular weight excluding hydrogens is 332 g/mol. The van der Waals surface area contributed by atoms with Crippen molar-refractivity contribution >= 4 is 24.2 Å². The Morgan fingerprint density at radius 2 is 1.38 bits per heavy atom. The second-order valence-corrected chi connectivity index (χ2v) is 5.30. The Hall–Kier alpha value is -3.34. The summed E-state index contributed by atoms with van der Waals surface area (Å²) in [4.78, 5) is 22.9. The van der Waals surface area contributed by atoms with Gasteiger partial charge in [-0.2, -0.15) is 0 Å². The molecule has 0 heterocycles. The van der Waals surface area contributed by atoms with Crippen molar-refractivity contribution in [3.63, 3.8) is 0 Å². The molecule has 134 valence electrons. The van der Waals surface area contributed by atoms with E-state index in [1.165, 1.54) is 19.3 Å². The molecule has 26 heavy (non-hydrogen) atoms. The highest BCUT2D eigenvalue weighted by molar-refractivity contribution is 6.04. The summed E-state index contributed by atoms with van der Waals surface area (Å²) in [6.07, 6.45) is 6.95. The summed E-state index contributed by atoms with van der Waals surface area (Å²) in [6, 6.07) is 10.4. The van der Waals surface area contributed by atoms with E-state index in [0.29, 0.717) is 28.4 Å². The van der Waals surface area contributed by atoms with E-state index in [-0.39, 0.29) is 5.78 Å². The minimum Gasteiger partial charge on any atom is -0.497 e. The van der Waals surface area contributed by atoms with Crippen LogP contribution in [0.25, 0.3) is 12.2 Å². The van der Waals surface area contributed by atoms with Gasteiger partial charge in [0.05, 0.1) is 21.3 Å².